The van der Waals surface area contributed by atoms with E-state index in [2.05, 4.69) is 10.3 Å². The number of aromatic carboxylic acids is 1. The molecule has 0 radical (unpaired) electrons. The van der Waals surface area contributed by atoms with Crippen LogP contribution in [0.2, 0.25) is 0 Å². The third-order valence-electron chi connectivity index (χ3n) is 4.85. The Morgan fingerprint density at radius 3 is 2.36 bits per heavy atom. The number of nitrogens with zero attached hydrogens (tertiary/aromatic N) is 2. The smallest absolute Gasteiger partial charge is 0.337 e. The molecule has 7 heteroatoms. The number of carbonyl (C=O) groups excluding carboxylic acids is 2. The highest BCUT2D eigenvalue weighted by Gasteiger charge is 2.17. The molecule has 0 bridgehead atoms. The number of rotatable bonds is 6. The maximum atomic E-state index is 12.3. The second-order valence-electron chi connectivity index (χ2n) is 6.87. The summed E-state index contributed by atoms with van der Waals surface area (Å²) in [7, 11) is 0. The molecule has 1 aliphatic rings. The molecule has 2 aromatic rings. The minimum absolute atomic E-state index is 0.0735. The molecule has 7 nitrogen and oxygen atoms in total. The number of anilines is 1. The van der Waals surface area contributed by atoms with Gasteiger partial charge in [-0.2, -0.15) is 0 Å². The van der Waals surface area contributed by atoms with Crippen molar-refractivity contribution in [3.63, 3.8) is 0 Å². The molecule has 1 aromatic heterocycles. The lowest BCUT2D eigenvalue weighted by atomic mass is 10.1. The molecule has 2 amide bonds. The second-order valence-corrected chi connectivity index (χ2v) is 6.87. The van der Waals surface area contributed by atoms with Gasteiger partial charge in [-0.3, -0.25) is 9.59 Å². The first kappa shape index (κ1) is 19.5. The number of hydrogen-bond donors (Lipinski definition) is 2. The lowest BCUT2D eigenvalue weighted by Gasteiger charge is -2.15. The third-order valence-corrected chi connectivity index (χ3v) is 4.85. The summed E-state index contributed by atoms with van der Waals surface area (Å²) in [5.41, 5.74) is 2.16. The molecule has 146 valence electrons. The van der Waals surface area contributed by atoms with Gasteiger partial charge in [0.05, 0.1) is 11.3 Å². The molecule has 2 N–H and O–H groups in total. The maximum absolute atomic E-state index is 12.3. The summed E-state index contributed by atoms with van der Waals surface area (Å²) in [4.78, 5) is 41.4. The number of carbonyl (C=O) groups is 3. The molecule has 1 saturated heterocycles. The summed E-state index contributed by atoms with van der Waals surface area (Å²) in [6.45, 7) is 3.29. The van der Waals surface area contributed by atoms with Crippen LogP contribution < -0.4 is 5.32 Å². The van der Waals surface area contributed by atoms with Crippen LogP contribution in [-0.2, 0) is 11.2 Å². The largest absolute Gasteiger partial charge is 0.478 e. The summed E-state index contributed by atoms with van der Waals surface area (Å²) in [6.07, 6.45) is 3.34. The highest BCUT2D eigenvalue weighted by atomic mass is 16.4. The Morgan fingerprint density at radius 2 is 1.75 bits per heavy atom. The monoisotopic (exact) mass is 381 g/mol. The van der Waals surface area contributed by atoms with Gasteiger partial charge in [0.2, 0.25) is 5.91 Å². The summed E-state index contributed by atoms with van der Waals surface area (Å²) in [5, 5.41) is 11.8. The van der Waals surface area contributed by atoms with Gasteiger partial charge in [0.15, 0.2) is 0 Å². The maximum Gasteiger partial charge on any atom is 0.337 e. The van der Waals surface area contributed by atoms with E-state index in [1.54, 1.807) is 19.1 Å². The van der Waals surface area contributed by atoms with Crippen LogP contribution >= 0.6 is 0 Å². The first-order chi connectivity index (χ1) is 13.4. The molecule has 0 aliphatic carbocycles. The van der Waals surface area contributed by atoms with Gasteiger partial charge < -0.3 is 15.3 Å². The Bertz CT molecular complexity index is 887. The fraction of sp³-hybridized carbons (Fsp3) is 0.333. The number of likely N-dealkylation sites (tertiary alicyclic amines) is 1. The van der Waals surface area contributed by atoms with Crippen molar-refractivity contribution in [3.8, 4) is 0 Å². The molecule has 0 unspecified atom stereocenters. The zero-order valence-electron chi connectivity index (χ0n) is 15.8. The van der Waals surface area contributed by atoms with Gasteiger partial charge in [-0.05, 0) is 56.0 Å². The van der Waals surface area contributed by atoms with Crippen molar-refractivity contribution in [1.82, 2.24) is 9.88 Å². The van der Waals surface area contributed by atoms with Gasteiger partial charge in [0, 0.05) is 25.2 Å². The van der Waals surface area contributed by atoms with Crippen LogP contribution in [0, 0.1) is 6.92 Å². The molecular formula is C21H23N3O4. The standard InChI is InChI=1S/C21H23N3O4/c1-14-17(21(27)28)9-10-18(22-14)20(26)23-16-7-4-15(5-8-16)6-11-19(25)24-12-2-3-13-24/h4-5,7-10H,2-3,6,11-13H2,1H3,(H,23,26)(H,27,28). The lowest BCUT2D eigenvalue weighted by Crippen LogP contribution is -2.27. The summed E-state index contributed by atoms with van der Waals surface area (Å²) < 4.78 is 0. The number of nitrogens with one attached hydrogen (secondary N) is 1. The minimum atomic E-state index is -1.07. The average molecular weight is 381 g/mol. The Balaban J connectivity index is 1.56. The molecule has 1 aliphatic heterocycles. The molecule has 1 fully saturated rings. The Morgan fingerprint density at radius 1 is 1.07 bits per heavy atom. The highest BCUT2D eigenvalue weighted by Crippen LogP contribution is 2.15. The van der Waals surface area contributed by atoms with Crippen molar-refractivity contribution in [1.29, 1.82) is 0 Å². The Kier molecular flexibility index (Phi) is 6.03. The van der Waals surface area contributed by atoms with Gasteiger partial charge in [0.1, 0.15) is 5.69 Å². The van der Waals surface area contributed by atoms with Crippen LogP contribution in [0.4, 0.5) is 5.69 Å². The van der Waals surface area contributed by atoms with E-state index in [1.165, 1.54) is 12.1 Å². The minimum Gasteiger partial charge on any atom is -0.478 e. The van der Waals surface area contributed by atoms with Crippen LogP contribution in [0.15, 0.2) is 36.4 Å². The zero-order chi connectivity index (χ0) is 20.1. The number of carboxylic acids is 1. The molecule has 0 atom stereocenters. The van der Waals surface area contributed by atoms with E-state index in [1.807, 2.05) is 17.0 Å². The van der Waals surface area contributed by atoms with Crippen molar-refractivity contribution in [2.75, 3.05) is 18.4 Å². The molecule has 3 rings (SSSR count). The number of carboxylic acid groups (broad SMARTS) is 1. The number of aryl methyl sites for hydroxylation is 2. The van der Waals surface area contributed by atoms with Gasteiger partial charge in [-0.1, -0.05) is 12.1 Å². The normalized spacial score (nSPS) is 13.4. The van der Waals surface area contributed by atoms with E-state index in [0.717, 1.165) is 31.5 Å². The van der Waals surface area contributed by atoms with E-state index in [4.69, 9.17) is 5.11 Å². The number of hydrogen-bond acceptors (Lipinski definition) is 4. The number of amides is 2. The van der Waals surface area contributed by atoms with E-state index < -0.39 is 11.9 Å². The van der Waals surface area contributed by atoms with Crippen LogP contribution in [0.3, 0.4) is 0 Å². The molecular weight excluding hydrogens is 358 g/mol. The molecule has 0 saturated carbocycles. The topological polar surface area (TPSA) is 99.6 Å². The predicted octanol–water partition coefficient (Wildman–Crippen LogP) is 2.90. The van der Waals surface area contributed by atoms with Crippen molar-refractivity contribution in [2.45, 2.75) is 32.6 Å². The first-order valence-electron chi connectivity index (χ1n) is 9.33. The van der Waals surface area contributed by atoms with Gasteiger partial charge >= 0.3 is 5.97 Å². The fourth-order valence-corrected chi connectivity index (χ4v) is 3.24. The highest BCUT2D eigenvalue weighted by molar-refractivity contribution is 6.03. The van der Waals surface area contributed by atoms with Crippen molar-refractivity contribution >= 4 is 23.5 Å². The second kappa shape index (κ2) is 8.65. The van der Waals surface area contributed by atoms with Crippen molar-refractivity contribution < 1.29 is 19.5 Å². The van der Waals surface area contributed by atoms with Crippen molar-refractivity contribution in [3.05, 3.63) is 58.9 Å². The van der Waals surface area contributed by atoms with Crippen molar-refractivity contribution in [2.24, 2.45) is 0 Å². The predicted molar refractivity (Wildman–Crippen MR) is 104 cm³/mol. The van der Waals surface area contributed by atoms with Gasteiger partial charge in [0.25, 0.3) is 5.91 Å². The zero-order valence-corrected chi connectivity index (χ0v) is 15.8. The summed E-state index contributed by atoms with van der Waals surface area (Å²) >= 11 is 0. The van der Waals surface area contributed by atoms with Crippen LogP contribution in [0.1, 0.15) is 51.4 Å². The SMILES string of the molecule is Cc1nc(C(=O)Nc2ccc(CCC(=O)N3CCCC3)cc2)ccc1C(=O)O. The number of pyridine rings is 1. The van der Waals surface area contributed by atoms with E-state index >= 15 is 0 Å². The van der Waals surface area contributed by atoms with E-state index in [-0.39, 0.29) is 22.9 Å². The average Bonchev–Trinajstić information content (AvgIpc) is 3.21. The summed E-state index contributed by atoms with van der Waals surface area (Å²) in [5.74, 6) is -1.28. The van der Waals surface area contributed by atoms with E-state index in [9.17, 15) is 14.4 Å². The summed E-state index contributed by atoms with van der Waals surface area (Å²) in [6, 6.07) is 10.1. The van der Waals surface area contributed by atoms with Gasteiger partial charge in [-0.15, -0.1) is 0 Å². The van der Waals surface area contributed by atoms with Crippen LogP contribution in [-0.4, -0.2) is 45.9 Å². The molecule has 0 spiro atoms. The number of aromatic nitrogens is 1. The van der Waals surface area contributed by atoms with Crippen LogP contribution in [0.25, 0.3) is 0 Å². The molecule has 1 aromatic carbocycles. The number of benzene rings is 1. The quantitative estimate of drug-likeness (QED) is 0.801. The van der Waals surface area contributed by atoms with E-state index in [0.29, 0.717) is 18.5 Å². The Hall–Kier alpha value is -3.22. The first-order valence-corrected chi connectivity index (χ1v) is 9.33. The van der Waals surface area contributed by atoms with Gasteiger partial charge in [-0.25, -0.2) is 9.78 Å². The molecule has 28 heavy (non-hydrogen) atoms. The fourth-order valence-electron chi connectivity index (χ4n) is 3.24. The molecule has 2 heterocycles. The lowest BCUT2D eigenvalue weighted by molar-refractivity contribution is -0.130. The third kappa shape index (κ3) is 4.73. The van der Waals surface area contributed by atoms with Crippen LogP contribution in [0.5, 0.6) is 0 Å². The Labute approximate surface area is 163 Å².